The van der Waals surface area contributed by atoms with Gasteiger partial charge in [-0.2, -0.15) is 4.98 Å². The van der Waals surface area contributed by atoms with Gasteiger partial charge in [-0.15, -0.1) is 0 Å². The summed E-state index contributed by atoms with van der Waals surface area (Å²) in [5.41, 5.74) is 7.04. The molecule has 1 atom stereocenters. The quantitative estimate of drug-likeness (QED) is 0.440. The molecule has 0 aliphatic rings. The smallest absolute Gasteiger partial charge is 0.230 e. The minimum Gasteiger partial charge on any atom is -0.760 e. The molecular weight excluding hydrogens is 390 g/mol. The summed E-state index contributed by atoms with van der Waals surface area (Å²) in [6, 6.07) is 12.3. The van der Waals surface area contributed by atoms with Crippen molar-refractivity contribution in [1.29, 1.82) is 0 Å². The zero-order chi connectivity index (χ0) is 19.2. The molecule has 0 amide bonds. The molecular formula is C16H15ClN7O2S-. The number of hydrogen-bond acceptors (Lipinski definition) is 8. The third-order valence-electron chi connectivity index (χ3n) is 3.41. The van der Waals surface area contributed by atoms with Crippen LogP contribution in [-0.2, 0) is 17.8 Å². The van der Waals surface area contributed by atoms with E-state index in [2.05, 4.69) is 30.3 Å². The SMILES string of the molecule is Nc1cccc(Nc2ncc(Cl)c(Nc3ccccc3CNS(=O)[O-])n2)n1. The number of halogens is 1. The topological polar surface area (TPSA) is 141 Å². The second-order valence-electron chi connectivity index (χ2n) is 5.30. The van der Waals surface area contributed by atoms with Crippen molar-refractivity contribution >= 4 is 52.0 Å². The first-order valence-electron chi connectivity index (χ1n) is 7.71. The number of anilines is 5. The Bertz CT molecular complexity index is 973. The van der Waals surface area contributed by atoms with Crippen LogP contribution >= 0.6 is 11.6 Å². The average Bonchev–Trinajstić information content (AvgIpc) is 2.64. The summed E-state index contributed by atoms with van der Waals surface area (Å²) >= 11 is 3.83. The fraction of sp³-hybridized carbons (Fsp3) is 0.0625. The van der Waals surface area contributed by atoms with Gasteiger partial charge in [-0.25, -0.2) is 14.7 Å². The molecule has 27 heavy (non-hydrogen) atoms. The molecule has 0 spiro atoms. The summed E-state index contributed by atoms with van der Waals surface area (Å²) < 4.78 is 23.8. The number of rotatable bonds is 7. The lowest BCUT2D eigenvalue weighted by atomic mass is 10.2. The molecule has 2 aromatic heterocycles. The fourth-order valence-electron chi connectivity index (χ4n) is 2.21. The molecule has 0 bridgehead atoms. The number of hydrogen-bond donors (Lipinski definition) is 4. The fourth-order valence-corrected chi connectivity index (χ4v) is 2.62. The Kier molecular flexibility index (Phi) is 6.14. The lowest BCUT2D eigenvalue weighted by molar-refractivity contribution is 0.522. The summed E-state index contributed by atoms with van der Waals surface area (Å²) in [4.78, 5) is 12.6. The van der Waals surface area contributed by atoms with E-state index in [0.717, 1.165) is 5.56 Å². The van der Waals surface area contributed by atoms with Crippen LogP contribution < -0.4 is 21.1 Å². The van der Waals surface area contributed by atoms with Crippen molar-refractivity contribution in [2.24, 2.45) is 0 Å². The molecule has 140 valence electrons. The highest BCUT2D eigenvalue weighted by Crippen LogP contribution is 2.26. The lowest BCUT2D eigenvalue weighted by Gasteiger charge is -2.14. The number of pyridine rings is 1. The molecule has 0 radical (unpaired) electrons. The molecule has 5 N–H and O–H groups in total. The molecule has 11 heteroatoms. The van der Waals surface area contributed by atoms with Gasteiger partial charge in [0.05, 0.1) is 6.20 Å². The Morgan fingerprint density at radius 1 is 1.11 bits per heavy atom. The third-order valence-corrected chi connectivity index (χ3v) is 4.06. The summed E-state index contributed by atoms with van der Waals surface area (Å²) in [7, 11) is 0. The average molecular weight is 405 g/mol. The Morgan fingerprint density at radius 3 is 2.70 bits per heavy atom. The normalized spacial score (nSPS) is 11.8. The van der Waals surface area contributed by atoms with Gasteiger partial charge in [0, 0.05) is 23.5 Å². The Morgan fingerprint density at radius 2 is 1.93 bits per heavy atom. The molecule has 1 unspecified atom stereocenters. The van der Waals surface area contributed by atoms with Crippen LogP contribution in [0.5, 0.6) is 0 Å². The number of nitrogens with one attached hydrogen (secondary N) is 3. The highest BCUT2D eigenvalue weighted by atomic mass is 35.5. The van der Waals surface area contributed by atoms with Crippen molar-refractivity contribution in [2.75, 3.05) is 16.4 Å². The van der Waals surface area contributed by atoms with E-state index >= 15 is 0 Å². The van der Waals surface area contributed by atoms with E-state index in [-0.39, 0.29) is 12.5 Å². The maximum absolute atomic E-state index is 10.7. The highest BCUT2D eigenvalue weighted by molar-refractivity contribution is 7.77. The molecule has 0 fully saturated rings. The molecule has 9 nitrogen and oxygen atoms in total. The van der Waals surface area contributed by atoms with E-state index in [9.17, 15) is 8.76 Å². The predicted molar refractivity (Wildman–Crippen MR) is 104 cm³/mol. The minimum atomic E-state index is -2.36. The molecule has 3 aromatic rings. The van der Waals surface area contributed by atoms with Crippen molar-refractivity contribution in [3.8, 4) is 0 Å². The molecule has 0 saturated heterocycles. The van der Waals surface area contributed by atoms with Crippen LogP contribution in [0.1, 0.15) is 5.56 Å². The second-order valence-corrected chi connectivity index (χ2v) is 6.47. The first-order chi connectivity index (χ1) is 13.0. The van der Waals surface area contributed by atoms with E-state index in [1.807, 2.05) is 6.07 Å². The van der Waals surface area contributed by atoms with Gasteiger partial charge in [-0.05, 0) is 23.8 Å². The van der Waals surface area contributed by atoms with Gasteiger partial charge in [-0.3, -0.25) is 4.21 Å². The van der Waals surface area contributed by atoms with Crippen LogP contribution in [0.25, 0.3) is 0 Å². The van der Waals surface area contributed by atoms with Crippen molar-refractivity contribution < 1.29 is 8.76 Å². The van der Waals surface area contributed by atoms with Crippen molar-refractivity contribution in [2.45, 2.75) is 6.54 Å². The van der Waals surface area contributed by atoms with E-state index in [1.54, 1.807) is 36.4 Å². The van der Waals surface area contributed by atoms with Gasteiger partial charge < -0.3 is 20.9 Å². The van der Waals surface area contributed by atoms with Crippen molar-refractivity contribution in [1.82, 2.24) is 19.7 Å². The Hall–Kier alpha value is -2.79. The molecule has 1 aromatic carbocycles. The number of nitrogen functional groups attached to an aromatic ring is 1. The van der Waals surface area contributed by atoms with Gasteiger partial charge in [0.15, 0.2) is 5.82 Å². The maximum atomic E-state index is 10.7. The maximum Gasteiger partial charge on any atom is 0.230 e. The van der Waals surface area contributed by atoms with E-state index < -0.39 is 11.3 Å². The number of nitrogens with two attached hydrogens (primary N) is 1. The number of benzene rings is 1. The van der Waals surface area contributed by atoms with E-state index in [4.69, 9.17) is 17.3 Å². The second kappa shape index (κ2) is 8.73. The first-order valence-corrected chi connectivity index (χ1v) is 9.16. The predicted octanol–water partition coefficient (Wildman–Crippen LogP) is 2.48. The summed E-state index contributed by atoms with van der Waals surface area (Å²) in [6.07, 6.45) is 1.44. The van der Waals surface area contributed by atoms with Crippen LogP contribution in [0.4, 0.5) is 29.1 Å². The van der Waals surface area contributed by atoms with Crippen molar-refractivity contribution in [3.05, 3.63) is 59.2 Å². The molecule has 0 saturated carbocycles. The van der Waals surface area contributed by atoms with Gasteiger partial charge >= 0.3 is 0 Å². The summed E-state index contributed by atoms with van der Waals surface area (Å²) in [5, 5.41) is 6.34. The van der Waals surface area contributed by atoms with E-state index in [1.165, 1.54) is 6.20 Å². The zero-order valence-electron chi connectivity index (χ0n) is 13.8. The van der Waals surface area contributed by atoms with Crippen LogP contribution in [0.3, 0.4) is 0 Å². The molecule has 0 aliphatic heterocycles. The Labute approximate surface area is 162 Å². The van der Waals surface area contributed by atoms with Gasteiger partial charge in [-0.1, -0.05) is 35.9 Å². The monoisotopic (exact) mass is 404 g/mol. The Balaban J connectivity index is 1.82. The number of nitrogens with zero attached hydrogens (tertiary/aromatic N) is 3. The van der Waals surface area contributed by atoms with Crippen LogP contribution in [0.15, 0.2) is 48.7 Å². The van der Waals surface area contributed by atoms with Gasteiger partial charge in [0.1, 0.15) is 16.7 Å². The van der Waals surface area contributed by atoms with Crippen LogP contribution in [0, 0.1) is 0 Å². The number of aromatic nitrogens is 3. The van der Waals surface area contributed by atoms with Crippen LogP contribution in [-0.4, -0.2) is 23.7 Å². The minimum absolute atomic E-state index is 0.125. The molecule has 0 aliphatic carbocycles. The van der Waals surface area contributed by atoms with Gasteiger partial charge in [0.2, 0.25) is 5.95 Å². The standard InChI is InChI=1S/C16H16ClN7O2S/c17-11-9-19-16(23-14-7-3-6-13(18)22-14)24-15(11)21-12-5-2-1-4-10(12)8-20-27(25)26/h1-7,9,20H,8H2,(H,25,26)(H4,18,19,21,22,23,24)/p-1. The lowest BCUT2D eigenvalue weighted by Crippen LogP contribution is -2.16. The zero-order valence-corrected chi connectivity index (χ0v) is 15.4. The third kappa shape index (κ3) is 5.34. The largest absolute Gasteiger partial charge is 0.760 e. The molecule has 3 rings (SSSR count). The molecule has 2 heterocycles. The van der Waals surface area contributed by atoms with Crippen LogP contribution in [0.2, 0.25) is 5.02 Å². The van der Waals surface area contributed by atoms with Crippen molar-refractivity contribution in [3.63, 3.8) is 0 Å². The van der Waals surface area contributed by atoms with E-state index in [0.29, 0.717) is 28.2 Å². The highest BCUT2D eigenvalue weighted by Gasteiger charge is 2.09. The summed E-state index contributed by atoms with van der Waals surface area (Å²) in [5.74, 6) is 1.49. The first kappa shape index (κ1) is 19.0. The number of para-hydroxylation sites is 1. The summed E-state index contributed by atoms with van der Waals surface area (Å²) in [6.45, 7) is 0.125. The van der Waals surface area contributed by atoms with Gasteiger partial charge in [0.25, 0.3) is 0 Å².